The first-order valence-corrected chi connectivity index (χ1v) is 8.19. The molecule has 0 amide bonds. The zero-order valence-electron chi connectivity index (χ0n) is 12.6. The van der Waals surface area contributed by atoms with Crippen LogP contribution < -0.4 is 0 Å². The molecule has 1 aromatic carbocycles. The maximum Gasteiger partial charge on any atom is -0.00540 e. The monoisotopic (exact) mass is 256 g/mol. The Hall–Kier alpha value is -0.780. The molecule has 0 radical (unpaired) electrons. The molecule has 0 unspecified atom stereocenters. The molecule has 3 rings (SSSR count). The van der Waals surface area contributed by atoms with Crippen LogP contribution in [0.25, 0.3) is 0 Å². The Morgan fingerprint density at radius 1 is 0.737 bits per heavy atom. The van der Waals surface area contributed by atoms with Gasteiger partial charge in [0.2, 0.25) is 0 Å². The second kappa shape index (κ2) is 4.96. The van der Waals surface area contributed by atoms with Crippen LogP contribution >= 0.6 is 0 Å². The molecule has 0 N–H and O–H groups in total. The summed E-state index contributed by atoms with van der Waals surface area (Å²) in [6.45, 7) is 5.14. The van der Waals surface area contributed by atoms with Gasteiger partial charge in [-0.2, -0.15) is 0 Å². The first-order chi connectivity index (χ1) is 9.14. The van der Waals surface area contributed by atoms with Gasteiger partial charge in [-0.15, -0.1) is 0 Å². The Bertz CT molecular complexity index is 383. The number of hydrogen-bond acceptors (Lipinski definition) is 0. The summed E-state index contributed by atoms with van der Waals surface area (Å²) < 4.78 is 0. The summed E-state index contributed by atoms with van der Waals surface area (Å²) in [6.07, 6.45) is 11.5. The average Bonchev–Trinajstić information content (AvgIpc) is 3.01. The predicted molar refractivity (Wildman–Crippen MR) is 82.3 cm³/mol. The zero-order valence-corrected chi connectivity index (χ0v) is 12.6. The molecule has 0 spiro atoms. The Labute approximate surface area is 118 Å². The van der Waals surface area contributed by atoms with Crippen molar-refractivity contribution in [3.8, 4) is 0 Å². The van der Waals surface area contributed by atoms with Crippen molar-refractivity contribution in [2.75, 3.05) is 0 Å². The van der Waals surface area contributed by atoms with Crippen LogP contribution in [0.1, 0.15) is 76.7 Å². The van der Waals surface area contributed by atoms with Gasteiger partial charge >= 0.3 is 0 Å². The lowest BCUT2D eigenvalue weighted by Gasteiger charge is -2.45. The van der Waals surface area contributed by atoms with E-state index in [0.717, 1.165) is 5.92 Å². The van der Waals surface area contributed by atoms with Crippen molar-refractivity contribution in [3.05, 3.63) is 35.9 Å². The van der Waals surface area contributed by atoms with E-state index in [1.165, 1.54) is 51.4 Å². The van der Waals surface area contributed by atoms with Gasteiger partial charge in [0, 0.05) is 0 Å². The third-order valence-corrected chi connectivity index (χ3v) is 6.02. The predicted octanol–water partition coefficient (Wildman–Crippen LogP) is 5.93. The van der Waals surface area contributed by atoms with Gasteiger partial charge in [-0.25, -0.2) is 0 Å². The highest BCUT2D eigenvalue weighted by Gasteiger charge is 2.48. The van der Waals surface area contributed by atoms with Crippen LogP contribution in [0.3, 0.4) is 0 Å². The highest BCUT2D eigenvalue weighted by atomic mass is 14.5. The molecule has 0 saturated heterocycles. The molecule has 2 aliphatic rings. The second-order valence-corrected chi connectivity index (χ2v) is 7.57. The maximum absolute atomic E-state index is 2.57. The van der Waals surface area contributed by atoms with Gasteiger partial charge in [0.15, 0.2) is 0 Å². The van der Waals surface area contributed by atoms with E-state index >= 15 is 0 Å². The normalized spacial score (nSPS) is 25.0. The fraction of sp³-hybridized carbons (Fsp3) is 0.684. The Balaban J connectivity index is 2.00. The van der Waals surface area contributed by atoms with Crippen LogP contribution in [0.15, 0.2) is 30.3 Å². The second-order valence-electron chi connectivity index (χ2n) is 7.57. The molecular weight excluding hydrogens is 228 g/mol. The van der Waals surface area contributed by atoms with E-state index in [1.54, 1.807) is 5.56 Å². The lowest BCUT2D eigenvalue weighted by Crippen LogP contribution is -2.34. The van der Waals surface area contributed by atoms with Gasteiger partial charge in [-0.3, -0.25) is 0 Å². The molecular formula is C19H28. The first kappa shape index (κ1) is 13.2. The van der Waals surface area contributed by atoms with Gasteiger partial charge in [-0.05, 0) is 48.0 Å². The summed E-state index contributed by atoms with van der Waals surface area (Å²) in [6, 6.07) is 11.4. The summed E-state index contributed by atoms with van der Waals surface area (Å²) in [5.74, 6) is 0.770. The van der Waals surface area contributed by atoms with Crippen molar-refractivity contribution in [1.82, 2.24) is 0 Å². The summed E-state index contributed by atoms with van der Waals surface area (Å²) in [5, 5.41) is 0. The van der Waals surface area contributed by atoms with E-state index in [2.05, 4.69) is 44.2 Å². The summed E-state index contributed by atoms with van der Waals surface area (Å²) >= 11 is 0. The topological polar surface area (TPSA) is 0 Å². The van der Waals surface area contributed by atoms with E-state index < -0.39 is 0 Å². The van der Waals surface area contributed by atoms with Gasteiger partial charge in [0.25, 0.3) is 0 Å². The summed E-state index contributed by atoms with van der Waals surface area (Å²) in [5.41, 5.74) is 2.69. The molecule has 0 atom stereocenters. The smallest absolute Gasteiger partial charge is 0.00540 e. The summed E-state index contributed by atoms with van der Waals surface area (Å²) in [7, 11) is 0. The molecule has 2 saturated carbocycles. The van der Waals surface area contributed by atoms with Crippen molar-refractivity contribution in [3.63, 3.8) is 0 Å². The number of rotatable bonds is 3. The average molecular weight is 256 g/mol. The standard InChI is InChI=1S/C19H28/c1-18(12-6-7-13-18)17(16-10-4-3-5-11-16)19(2)14-8-9-15-19/h3-5,10-11,17H,6-9,12-15H2,1-2H3. The molecule has 0 bridgehead atoms. The van der Waals surface area contributed by atoms with Crippen molar-refractivity contribution in [2.45, 2.75) is 71.1 Å². The van der Waals surface area contributed by atoms with Crippen molar-refractivity contribution in [1.29, 1.82) is 0 Å². The largest absolute Gasteiger partial charge is 0.0622 e. The first-order valence-electron chi connectivity index (χ1n) is 8.19. The third-order valence-electron chi connectivity index (χ3n) is 6.02. The van der Waals surface area contributed by atoms with Crippen LogP contribution in [0.5, 0.6) is 0 Å². The van der Waals surface area contributed by atoms with E-state index in [-0.39, 0.29) is 0 Å². The van der Waals surface area contributed by atoms with Crippen LogP contribution in [-0.4, -0.2) is 0 Å². The van der Waals surface area contributed by atoms with E-state index in [4.69, 9.17) is 0 Å². The molecule has 2 aliphatic carbocycles. The lowest BCUT2D eigenvalue weighted by atomic mass is 9.59. The molecule has 0 aromatic heterocycles. The molecule has 104 valence electrons. The van der Waals surface area contributed by atoms with Crippen LogP contribution in [0.2, 0.25) is 0 Å². The molecule has 0 heterocycles. The van der Waals surface area contributed by atoms with Gasteiger partial charge in [-0.1, -0.05) is 69.9 Å². The van der Waals surface area contributed by atoms with E-state index in [1.807, 2.05) is 0 Å². The van der Waals surface area contributed by atoms with Crippen LogP contribution in [-0.2, 0) is 0 Å². The third kappa shape index (κ3) is 2.35. The lowest BCUT2D eigenvalue weighted by molar-refractivity contribution is 0.118. The fourth-order valence-electron chi connectivity index (χ4n) is 5.23. The van der Waals surface area contributed by atoms with Crippen molar-refractivity contribution < 1.29 is 0 Å². The Morgan fingerprint density at radius 3 is 1.58 bits per heavy atom. The maximum atomic E-state index is 2.57. The molecule has 0 aliphatic heterocycles. The number of hydrogen-bond donors (Lipinski definition) is 0. The minimum Gasteiger partial charge on any atom is -0.0622 e. The van der Waals surface area contributed by atoms with Crippen molar-refractivity contribution >= 4 is 0 Å². The van der Waals surface area contributed by atoms with Crippen LogP contribution in [0, 0.1) is 10.8 Å². The molecule has 2 fully saturated rings. The SMILES string of the molecule is CC1(C(c2ccccc2)C2(C)CCCC2)CCCC1. The molecule has 0 heteroatoms. The highest BCUT2D eigenvalue weighted by Crippen LogP contribution is 2.60. The Morgan fingerprint density at radius 2 is 1.16 bits per heavy atom. The van der Waals surface area contributed by atoms with E-state index in [9.17, 15) is 0 Å². The number of benzene rings is 1. The summed E-state index contributed by atoms with van der Waals surface area (Å²) in [4.78, 5) is 0. The molecule has 0 nitrogen and oxygen atoms in total. The van der Waals surface area contributed by atoms with Gasteiger partial charge in [0.05, 0.1) is 0 Å². The van der Waals surface area contributed by atoms with Gasteiger partial charge < -0.3 is 0 Å². The zero-order chi connectivity index (χ0) is 13.3. The quantitative estimate of drug-likeness (QED) is 0.628. The van der Waals surface area contributed by atoms with Crippen LogP contribution in [0.4, 0.5) is 0 Å². The molecule has 19 heavy (non-hydrogen) atoms. The minimum atomic E-state index is 0.542. The fourth-order valence-corrected chi connectivity index (χ4v) is 5.23. The van der Waals surface area contributed by atoms with E-state index in [0.29, 0.717) is 10.8 Å². The van der Waals surface area contributed by atoms with Crippen molar-refractivity contribution in [2.24, 2.45) is 10.8 Å². The highest BCUT2D eigenvalue weighted by molar-refractivity contribution is 5.26. The molecule has 1 aromatic rings. The Kier molecular flexibility index (Phi) is 3.45. The van der Waals surface area contributed by atoms with Gasteiger partial charge in [0.1, 0.15) is 0 Å². The minimum absolute atomic E-state index is 0.542.